The van der Waals surface area contributed by atoms with Crippen molar-refractivity contribution < 1.29 is 9.84 Å². The minimum Gasteiger partial charge on any atom is -0.506 e. The molecule has 2 aromatic carbocycles. The van der Waals surface area contributed by atoms with E-state index in [1.165, 1.54) is 0 Å². The molecular weight excluding hydrogens is 506 g/mol. The van der Waals surface area contributed by atoms with Gasteiger partial charge in [0.2, 0.25) is 0 Å². The predicted octanol–water partition coefficient (Wildman–Crippen LogP) is 5.11. The van der Waals surface area contributed by atoms with Crippen molar-refractivity contribution in [3.63, 3.8) is 0 Å². The zero-order chi connectivity index (χ0) is 17.1. The number of halogens is 3. The molecule has 0 saturated carbocycles. The summed E-state index contributed by atoms with van der Waals surface area (Å²) in [4.78, 5) is 4.18. The Morgan fingerprint density at radius 2 is 1.67 bits per heavy atom. The van der Waals surface area contributed by atoms with E-state index in [2.05, 4.69) is 63.0 Å². The third-order valence-corrected chi connectivity index (χ3v) is 5.15. The second-order valence-electron chi connectivity index (χ2n) is 4.79. The molecule has 0 saturated heterocycles. The monoisotopic (exact) mass is 513 g/mol. The molecule has 24 heavy (non-hydrogen) atoms. The zero-order valence-electron chi connectivity index (χ0n) is 12.1. The average Bonchev–Trinajstić information content (AvgIpc) is 2.59. The molecule has 0 aliphatic carbocycles. The SMILES string of the molecule is Oc1c(Br)cc(-c2cnc(OCc3ccccc3Br)nn2)cc1Br. The number of phenols is 1. The van der Waals surface area contributed by atoms with E-state index in [-0.39, 0.29) is 11.8 Å². The first-order valence-corrected chi connectivity index (χ1v) is 9.17. The Kier molecular flexibility index (Phi) is 5.47. The van der Waals surface area contributed by atoms with E-state index in [1.807, 2.05) is 24.3 Å². The Labute approximate surface area is 163 Å². The normalized spacial score (nSPS) is 10.6. The fourth-order valence-corrected chi connectivity index (χ4v) is 3.52. The maximum Gasteiger partial charge on any atom is 0.336 e. The van der Waals surface area contributed by atoms with Gasteiger partial charge in [-0.15, -0.1) is 5.10 Å². The molecule has 0 atom stereocenters. The fourth-order valence-electron chi connectivity index (χ4n) is 1.93. The van der Waals surface area contributed by atoms with Crippen molar-refractivity contribution in [3.05, 3.63) is 61.6 Å². The summed E-state index contributed by atoms with van der Waals surface area (Å²) in [6, 6.07) is 11.5. The molecule has 0 aliphatic rings. The smallest absolute Gasteiger partial charge is 0.336 e. The molecule has 1 N–H and O–H groups in total. The highest BCUT2D eigenvalue weighted by molar-refractivity contribution is 9.11. The Bertz CT molecular complexity index is 850. The molecule has 0 radical (unpaired) electrons. The minimum atomic E-state index is 0.132. The molecule has 122 valence electrons. The average molecular weight is 516 g/mol. The lowest BCUT2D eigenvalue weighted by molar-refractivity contribution is 0.276. The van der Waals surface area contributed by atoms with Crippen LogP contribution >= 0.6 is 47.8 Å². The summed E-state index contributed by atoms with van der Waals surface area (Å²) in [5, 5.41) is 17.9. The largest absolute Gasteiger partial charge is 0.506 e. The standard InChI is InChI=1S/C16H10Br3N3O2/c17-11-4-2-1-3-9(11)8-24-16-20-7-14(21-22-16)10-5-12(18)15(23)13(19)6-10/h1-7,23H,8H2. The first-order chi connectivity index (χ1) is 11.5. The van der Waals surface area contributed by atoms with Crippen molar-refractivity contribution in [1.82, 2.24) is 15.2 Å². The van der Waals surface area contributed by atoms with Crippen LogP contribution in [-0.2, 0) is 6.61 Å². The molecule has 0 bridgehead atoms. The molecule has 5 nitrogen and oxygen atoms in total. The lowest BCUT2D eigenvalue weighted by Gasteiger charge is -2.07. The summed E-state index contributed by atoms with van der Waals surface area (Å²) < 4.78 is 7.64. The Balaban J connectivity index is 1.75. The van der Waals surface area contributed by atoms with Crippen LogP contribution in [0.25, 0.3) is 11.3 Å². The van der Waals surface area contributed by atoms with Crippen molar-refractivity contribution in [2.75, 3.05) is 0 Å². The molecule has 0 amide bonds. The number of benzene rings is 2. The number of aromatic nitrogens is 3. The molecule has 1 aromatic heterocycles. The Hall–Kier alpha value is -1.51. The molecule has 1 heterocycles. The lowest BCUT2D eigenvalue weighted by Crippen LogP contribution is -2.02. The zero-order valence-corrected chi connectivity index (χ0v) is 16.8. The van der Waals surface area contributed by atoms with Gasteiger partial charge in [0.05, 0.1) is 15.1 Å². The number of hydrogen-bond acceptors (Lipinski definition) is 5. The van der Waals surface area contributed by atoms with E-state index in [4.69, 9.17) is 4.74 Å². The Morgan fingerprint density at radius 3 is 2.29 bits per heavy atom. The van der Waals surface area contributed by atoms with Crippen LogP contribution in [0.2, 0.25) is 0 Å². The van der Waals surface area contributed by atoms with Gasteiger partial charge in [0, 0.05) is 15.6 Å². The van der Waals surface area contributed by atoms with Crippen molar-refractivity contribution in [3.8, 4) is 23.0 Å². The van der Waals surface area contributed by atoms with E-state index in [0.717, 1.165) is 15.6 Å². The quantitative estimate of drug-likeness (QED) is 0.523. The van der Waals surface area contributed by atoms with Crippen LogP contribution in [0.3, 0.4) is 0 Å². The number of rotatable bonds is 4. The molecule has 0 unspecified atom stereocenters. The second kappa shape index (κ2) is 7.58. The highest BCUT2D eigenvalue weighted by Gasteiger charge is 2.10. The molecule has 0 spiro atoms. The molecule has 8 heteroatoms. The van der Waals surface area contributed by atoms with Gasteiger partial charge in [0.1, 0.15) is 18.1 Å². The van der Waals surface area contributed by atoms with Crippen LogP contribution in [0.1, 0.15) is 5.56 Å². The van der Waals surface area contributed by atoms with Crippen LogP contribution < -0.4 is 4.74 Å². The molecular formula is C16H10Br3N3O2. The third kappa shape index (κ3) is 3.93. The number of hydrogen-bond donors (Lipinski definition) is 1. The predicted molar refractivity (Wildman–Crippen MR) is 101 cm³/mol. The highest BCUT2D eigenvalue weighted by atomic mass is 79.9. The second-order valence-corrected chi connectivity index (χ2v) is 7.36. The number of ether oxygens (including phenoxy) is 1. The summed E-state index contributed by atoms with van der Waals surface area (Å²) in [7, 11) is 0. The van der Waals surface area contributed by atoms with Crippen molar-refractivity contribution in [2.24, 2.45) is 0 Å². The van der Waals surface area contributed by atoms with E-state index in [9.17, 15) is 5.11 Å². The van der Waals surface area contributed by atoms with Gasteiger partial charge in [0.15, 0.2) is 0 Å². The minimum absolute atomic E-state index is 0.132. The maximum atomic E-state index is 9.75. The van der Waals surface area contributed by atoms with Crippen LogP contribution in [0.15, 0.2) is 56.0 Å². The van der Waals surface area contributed by atoms with Crippen molar-refractivity contribution in [1.29, 1.82) is 0 Å². The summed E-state index contributed by atoms with van der Waals surface area (Å²) in [5.41, 5.74) is 2.34. The van der Waals surface area contributed by atoms with Crippen LogP contribution in [-0.4, -0.2) is 20.3 Å². The van der Waals surface area contributed by atoms with Gasteiger partial charge in [-0.25, -0.2) is 4.98 Å². The highest BCUT2D eigenvalue weighted by Crippen LogP contribution is 2.36. The molecule has 3 aromatic rings. The maximum absolute atomic E-state index is 9.75. The molecule has 0 fully saturated rings. The third-order valence-electron chi connectivity index (χ3n) is 3.17. The van der Waals surface area contributed by atoms with E-state index in [1.54, 1.807) is 18.3 Å². The van der Waals surface area contributed by atoms with Crippen LogP contribution in [0.5, 0.6) is 11.8 Å². The summed E-state index contributed by atoms with van der Waals surface area (Å²) in [5.74, 6) is 0.132. The van der Waals surface area contributed by atoms with E-state index in [0.29, 0.717) is 21.2 Å². The van der Waals surface area contributed by atoms with E-state index >= 15 is 0 Å². The van der Waals surface area contributed by atoms with Gasteiger partial charge in [-0.05, 0) is 50.1 Å². The van der Waals surface area contributed by atoms with Gasteiger partial charge in [0.25, 0.3) is 0 Å². The summed E-state index contributed by atoms with van der Waals surface area (Å²) >= 11 is 10.0. The lowest BCUT2D eigenvalue weighted by atomic mass is 10.1. The van der Waals surface area contributed by atoms with Gasteiger partial charge in [-0.2, -0.15) is 0 Å². The van der Waals surface area contributed by atoms with Gasteiger partial charge < -0.3 is 9.84 Å². The number of aromatic hydroxyl groups is 1. The first kappa shape index (κ1) is 17.3. The van der Waals surface area contributed by atoms with Crippen LogP contribution in [0.4, 0.5) is 0 Å². The topological polar surface area (TPSA) is 68.1 Å². The van der Waals surface area contributed by atoms with Gasteiger partial charge in [-0.1, -0.05) is 39.2 Å². The molecule has 0 aliphatic heterocycles. The first-order valence-electron chi connectivity index (χ1n) is 6.79. The summed E-state index contributed by atoms with van der Waals surface area (Å²) in [6.07, 6.45) is 1.58. The molecule has 3 rings (SSSR count). The number of nitrogens with zero attached hydrogens (tertiary/aromatic N) is 3. The summed E-state index contributed by atoms with van der Waals surface area (Å²) in [6.45, 7) is 0.346. The van der Waals surface area contributed by atoms with Crippen LogP contribution in [0, 0.1) is 0 Å². The van der Waals surface area contributed by atoms with Gasteiger partial charge >= 0.3 is 6.01 Å². The Morgan fingerprint density at radius 1 is 0.958 bits per heavy atom. The van der Waals surface area contributed by atoms with Gasteiger partial charge in [-0.3, -0.25) is 0 Å². The van der Waals surface area contributed by atoms with Crippen molar-refractivity contribution >= 4 is 47.8 Å². The fraction of sp³-hybridized carbons (Fsp3) is 0.0625. The van der Waals surface area contributed by atoms with Crippen molar-refractivity contribution in [2.45, 2.75) is 6.61 Å². The number of phenolic OH excluding ortho intramolecular Hbond substituents is 1. The van der Waals surface area contributed by atoms with E-state index < -0.39 is 0 Å².